The highest BCUT2D eigenvalue weighted by molar-refractivity contribution is 6.04. The molecule has 0 radical (unpaired) electrons. The predicted octanol–water partition coefficient (Wildman–Crippen LogP) is 7.54. The lowest BCUT2D eigenvalue weighted by molar-refractivity contribution is -0.137. The number of rotatable bonds is 24. The van der Waals surface area contributed by atoms with Gasteiger partial charge in [-0.05, 0) is 68.8 Å². The molecule has 0 heterocycles. The zero-order valence-electron chi connectivity index (χ0n) is 31.4. The first-order valence-electron chi connectivity index (χ1n) is 18.7. The molecule has 56 heavy (non-hydrogen) atoms. The van der Waals surface area contributed by atoms with Crippen LogP contribution in [0.25, 0.3) is 22.3 Å². The summed E-state index contributed by atoms with van der Waals surface area (Å²) in [6, 6.07) is 45.1. The van der Waals surface area contributed by atoms with Gasteiger partial charge in [0, 0.05) is 18.8 Å². The Bertz CT molecular complexity index is 1930. The summed E-state index contributed by atoms with van der Waals surface area (Å²) in [5.41, 5.74) is 9.16. The molecule has 0 aliphatic rings. The van der Waals surface area contributed by atoms with Crippen molar-refractivity contribution in [3.05, 3.63) is 156 Å². The fourth-order valence-corrected chi connectivity index (χ4v) is 6.19. The van der Waals surface area contributed by atoms with Crippen LogP contribution >= 0.6 is 0 Å². The molecule has 3 N–H and O–H groups in total. The van der Waals surface area contributed by atoms with Crippen molar-refractivity contribution in [2.24, 2.45) is 0 Å². The highest BCUT2D eigenvalue weighted by Gasteiger charge is 2.17. The zero-order valence-corrected chi connectivity index (χ0v) is 31.4. The van der Waals surface area contributed by atoms with E-state index in [0.717, 1.165) is 56.0 Å². The van der Waals surface area contributed by atoms with Crippen molar-refractivity contribution in [1.29, 1.82) is 0 Å². The Morgan fingerprint density at radius 1 is 0.464 bits per heavy atom. The van der Waals surface area contributed by atoms with Gasteiger partial charge in [-0.1, -0.05) is 109 Å². The molecular formula is C46H49NO9. The number of carboxylic acids is 2. The Hall–Kier alpha value is -5.78. The largest absolute Gasteiger partial charge is 0.491 e. The highest BCUT2D eigenvalue weighted by Crippen LogP contribution is 2.38. The van der Waals surface area contributed by atoms with Crippen LogP contribution in [0.2, 0.25) is 0 Å². The maximum absolute atomic E-state index is 11.2. The van der Waals surface area contributed by atoms with E-state index in [-0.39, 0.29) is 32.5 Å². The molecule has 0 fully saturated rings. The van der Waals surface area contributed by atoms with Gasteiger partial charge in [0.1, 0.15) is 12.4 Å². The molecule has 10 nitrogen and oxygen atoms in total. The average Bonchev–Trinajstić information content (AvgIpc) is 3.23. The van der Waals surface area contributed by atoms with Gasteiger partial charge in [-0.3, -0.25) is 9.59 Å². The zero-order chi connectivity index (χ0) is 39.4. The van der Waals surface area contributed by atoms with E-state index in [0.29, 0.717) is 46.2 Å². The Balaban J connectivity index is 1.35. The Morgan fingerprint density at radius 2 is 0.857 bits per heavy atom. The number of benzene rings is 5. The third-order valence-corrected chi connectivity index (χ3v) is 8.92. The van der Waals surface area contributed by atoms with Gasteiger partial charge >= 0.3 is 11.9 Å². The number of hydrogen-bond donors (Lipinski definition) is 3. The number of aliphatic hydroxyl groups is 1. The number of hydrogen-bond acceptors (Lipinski definition) is 8. The number of aliphatic carboxylic acids is 2. The Labute approximate surface area is 328 Å². The Kier molecular flexibility index (Phi) is 16.7. The molecule has 10 heteroatoms. The van der Waals surface area contributed by atoms with Gasteiger partial charge in [0.05, 0.1) is 59.1 Å². The molecule has 0 aromatic heterocycles. The minimum atomic E-state index is -0.929. The second-order valence-electron chi connectivity index (χ2n) is 12.8. The molecule has 0 saturated carbocycles. The van der Waals surface area contributed by atoms with Crippen LogP contribution in [0.4, 0.5) is 5.69 Å². The third-order valence-electron chi connectivity index (χ3n) is 8.92. The lowest BCUT2D eigenvalue weighted by Gasteiger charge is -2.23. The van der Waals surface area contributed by atoms with Crippen molar-refractivity contribution in [1.82, 2.24) is 0 Å². The molecule has 0 aliphatic heterocycles. The fourth-order valence-electron chi connectivity index (χ4n) is 6.19. The van der Waals surface area contributed by atoms with Crippen molar-refractivity contribution in [3.8, 4) is 16.9 Å². The quantitative estimate of drug-likeness (QED) is 0.0428. The summed E-state index contributed by atoms with van der Waals surface area (Å²) in [5, 5.41) is 27.1. The first-order chi connectivity index (χ1) is 27.4. The number of carbonyl (C=O) groups is 2. The van der Waals surface area contributed by atoms with Crippen molar-refractivity contribution in [2.45, 2.75) is 12.8 Å². The van der Waals surface area contributed by atoms with Crippen LogP contribution in [0, 0.1) is 0 Å². The third kappa shape index (κ3) is 12.9. The van der Waals surface area contributed by atoms with Crippen LogP contribution in [0.3, 0.4) is 0 Å². The summed E-state index contributed by atoms with van der Waals surface area (Å²) in [5.74, 6) is -1.12. The van der Waals surface area contributed by atoms with Crippen molar-refractivity contribution >= 4 is 28.8 Å². The molecule has 5 aromatic carbocycles. The number of ether oxygens (including phenoxy) is 4. The number of nitrogens with zero attached hydrogens (tertiary/aromatic N) is 1. The summed E-state index contributed by atoms with van der Waals surface area (Å²) in [7, 11) is 0. The van der Waals surface area contributed by atoms with E-state index in [1.807, 2.05) is 72.8 Å². The van der Waals surface area contributed by atoms with Crippen LogP contribution in [0.15, 0.2) is 133 Å². The van der Waals surface area contributed by atoms with Crippen LogP contribution in [0.5, 0.6) is 5.75 Å². The van der Waals surface area contributed by atoms with E-state index in [9.17, 15) is 19.8 Å². The lowest BCUT2D eigenvalue weighted by atomic mass is 9.85. The first kappa shape index (κ1) is 41.4. The maximum atomic E-state index is 11.2. The van der Waals surface area contributed by atoms with E-state index < -0.39 is 11.9 Å². The molecule has 0 bridgehead atoms. The fraction of sp³-hybridized carbons (Fsp3) is 0.261. The lowest BCUT2D eigenvalue weighted by Crippen LogP contribution is -2.28. The molecule has 0 amide bonds. The molecule has 5 aromatic rings. The monoisotopic (exact) mass is 759 g/mol. The minimum absolute atomic E-state index is 0.00185. The topological polar surface area (TPSA) is 135 Å². The standard InChI is InChI=1S/C46H49NO9/c48-27-28-53-29-30-54-31-32-55-33-34-56-42-21-17-40(18-22-42)46(38-9-5-2-6-10-38)45(37-7-3-1-4-8-37)39-13-11-35(12-14-39)36-15-19-41(20-16-36)47(25-23-43(49)50)26-24-44(51)52/h1-22,48H,23-34H2,(H,49,50)(H,51,52)/b46-45+. The van der Waals surface area contributed by atoms with E-state index in [1.54, 1.807) is 4.90 Å². The average molecular weight is 760 g/mol. The van der Waals surface area contributed by atoms with Gasteiger partial charge in [0.2, 0.25) is 0 Å². The van der Waals surface area contributed by atoms with Gasteiger partial charge in [0.15, 0.2) is 0 Å². The van der Waals surface area contributed by atoms with E-state index in [1.165, 1.54) is 0 Å². The van der Waals surface area contributed by atoms with Crippen LogP contribution < -0.4 is 9.64 Å². The molecule has 0 saturated heterocycles. The predicted molar refractivity (Wildman–Crippen MR) is 218 cm³/mol. The Morgan fingerprint density at radius 3 is 1.30 bits per heavy atom. The van der Waals surface area contributed by atoms with E-state index in [4.69, 9.17) is 24.1 Å². The van der Waals surface area contributed by atoms with Crippen LogP contribution in [0.1, 0.15) is 35.1 Å². The molecule has 5 rings (SSSR count). The summed E-state index contributed by atoms with van der Waals surface area (Å²) in [4.78, 5) is 24.3. The number of carboxylic acid groups (broad SMARTS) is 2. The van der Waals surface area contributed by atoms with Gasteiger partial charge < -0.3 is 39.2 Å². The molecule has 0 aliphatic carbocycles. The minimum Gasteiger partial charge on any atom is -0.491 e. The summed E-state index contributed by atoms with van der Waals surface area (Å²) in [6.07, 6.45) is -0.164. The molecular weight excluding hydrogens is 711 g/mol. The molecule has 0 spiro atoms. The second kappa shape index (κ2) is 22.6. The van der Waals surface area contributed by atoms with Gasteiger partial charge in [-0.25, -0.2) is 0 Å². The second-order valence-corrected chi connectivity index (χ2v) is 12.8. The maximum Gasteiger partial charge on any atom is 0.305 e. The smallest absolute Gasteiger partial charge is 0.305 e. The van der Waals surface area contributed by atoms with Crippen LogP contribution in [-0.4, -0.2) is 93.2 Å². The molecule has 0 atom stereocenters. The van der Waals surface area contributed by atoms with Gasteiger partial charge in [-0.2, -0.15) is 0 Å². The highest BCUT2D eigenvalue weighted by atomic mass is 16.6. The van der Waals surface area contributed by atoms with Crippen molar-refractivity contribution in [3.63, 3.8) is 0 Å². The van der Waals surface area contributed by atoms with Crippen molar-refractivity contribution < 1.29 is 43.9 Å². The normalized spacial score (nSPS) is 11.5. The number of aliphatic hydroxyl groups excluding tert-OH is 1. The SMILES string of the molecule is O=C(O)CCN(CCC(=O)O)c1ccc(-c2ccc(/C(=C(\c3ccccc3)c3ccc(OCCOCCOCCOCCO)cc3)c3ccccc3)cc2)cc1. The van der Waals surface area contributed by atoms with E-state index in [2.05, 4.69) is 60.7 Å². The summed E-state index contributed by atoms with van der Waals surface area (Å²) in [6.45, 7) is 3.39. The summed E-state index contributed by atoms with van der Waals surface area (Å²) >= 11 is 0. The van der Waals surface area contributed by atoms with Crippen molar-refractivity contribution in [2.75, 3.05) is 70.8 Å². The van der Waals surface area contributed by atoms with Gasteiger partial charge in [-0.15, -0.1) is 0 Å². The van der Waals surface area contributed by atoms with E-state index >= 15 is 0 Å². The molecule has 292 valence electrons. The summed E-state index contributed by atoms with van der Waals surface area (Å²) < 4.78 is 22.3. The van der Waals surface area contributed by atoms with Crippen LogP contribution in [-0.2, 0) is 23.8 Å². The van der Waals surface area contributed by atoms with Gasteiger partial charge in [0.25, 0.3) is 0 Å². The molecule has 0 unspecified atom stereocenters. The number of anilines is 1. The first-order valence-corrected chi connectivity index (χ1v) is 18.7.